The molecule has 2 aromatic carbocycles. The van der Waals surface area contributed by atoms with E-state index in [2.05, 4.69) is 17.4 Å². The van der Waals surface area contributed by atoms with E-state index in [0.717, 1.165) is 19.3 Å². The number of nitrogens with zero attached hydrogens (tertiary/aromatic N) is 3. The summed E-state index contributed by atoms with van der Waals surface area (Å²) in [7, 11) is 0. The van der Waals surface area contributed by atoms with Crippen LogP contribution in [0.4, 0.5) is 11.4 Å². The molecule has 1 heterocycles. The molecule has 1 aliphatic rings. The van der Waals surface area contributed by atoms with E-state index in [-0.39, 0.29) is 22.9 Å². The summed E-state index contributed by atoms with van der Waals surface area (Å²) in [5, 5.41) is 23.2. The number of para-hydroxylation sites is 2. The van der Waals surface area contributed by atoms with Gasteiger partial charge in [-0.05, 0) is 36.8 Å². The topological polar surface area (TPSA) is 99.3 Å². The lowest BCUT2D eigenvalue weighted by Crippen LogP contribution is -2.39. The fourth-order valence-electron chi connectivity index (χ4n) is 3.50. The Labute approximate surface area is 169 Å². The Morgan fingerprint density at radius 2 is 1.83 bits per heavy atom. The van der Waals surface area contributed by atoms with Crippen LogP contribution in [0.3, 0.4) is 0 Å². The number of nitrogens with one attached hydrogen (secondary N) is 1. The first-order valence-corrected chi connectivity index (χ1v) is 9.52. The molecule has 1 fully saturated rings. The predicted octanol–water partition coefficient (Wildman–Crippen LogP) is 3.90. The van der Waals surface area contributed by atoms with E-state index >= 15 is 0 Å². The molecule has 0 spiro atoms. The number of piperidine rings is 1. The molecule has 0 aromatic heterocycles. The summed E-state index contributed by atoms with van der Waals surface area (Å²) < 4.78 is 0. The van der Waals surface area contributed by atoms with Crippen molar-refractivity contribution in [1.29, 1.82) is 5.26 Å². The highest BCUT2D eigenvalue weighted by Crippen LogP contribution is 2.25. The van der Waals surface area contributed by atoms with Gasteiger partial charge in [0.15, 0.2) is 0 Å². The summed E-state index contributed by atoms with van der Waals surface area (Å²) in [5.74, 6) is 0.165. The fourth-order valence-corrected chi connectivity index (χ4v) is 3.50. The maximum absolute atomic E-state index is 12.7. The van der Waals surface area contributed by atoms with Crippen molar-refractivity contribution in [3.63, 3.8) is 0 Å². The number of nitro groups is 1. The quantitative estimate of drug-likeness (QED) is 0.349. The van der Waals surface area contributed by atoms with Gasteiger partial charge in [-0.3, -0.25) is 14.9 Å². The second-order valence-corrected chi connectivity index (χ2v) is 7.01. The Bertz CT molecular complexity index is 942. The van der Waals surface area contributed by atoms with Crippen molar-refractivity contribution in [3.05, 3.63) is 82.0 Å². The first kappa shape index (κ1) is 20.1. The van der Waals surface area contributed by atoms with Crippen LogP contribution in [0.15, 0.2) is 66.4 Å². The Morgan fingerprint density at radius 3 is 2.48 bits per heavy atom. The Balaban J connectivity index is 1.60. The standard InChI is InChI=1S/C22H22N4O3/c23-15-19(16-24-20-8-4-5-9-21(20)26(28)29)22(27)25-12-10-18(11-13-25)14-17-6-2-1-3-7-17/h1-9,16,18,24H,10-14H2/b19-16-. The third-order valence-corrected chi connectivity index (χ3v) is 5.09. The number of nitro benzene ring substituents is 1. The van der Waals surface area contributed by atoms with Gasteiger partial charge < -0.3 is 10.2 Å². The molecule has 0 radical (unpaired) electrons. The summed E-state index contributed by atoms with van der Waals surface area (Å²) in [4.78, 5) is 24.9. The van der Waals surface area contributed by atoms with Gasteiger partial charge in [0.05, 0.1) is 4.92 Å². The van der Waals surface area contributed by atoms with Crippen LogP contribution >= 0.6 is 0 Å². The molecule has 7 heteroatoms. The van der Waals surface area contributed by atoms with Crippen LogP contribution in [0, 0.1) is 27.4 Å². The molecule has 0 saturated carbocycles. The molecular weight excluding hydrogens is 368 g/mol. The Hall–Kier alpha value is -3.66. The third kappa shape index (κ3) is 5.20. The van der Waals surface area contributed by atoms with Gasteiger partial charge in [-0.2, -0.15) is 5.26 Å². The lowest BCUT2D eigenvalue weighted by atomic mass is 9.90. The number of rotatable bonds is 6. The van der Waals surface area contributed by atoms with Crippen LogP contribution in [-0.2, 0) is 11.2 Å². The van der Waals surface area contributed by atoms with Crippen LogP contribution < -0.4 is 5.32 Å². The molecule has 1 aliphatic heterocycles. The van der Waals surface area contributed by atoms with E-state index in [0.29, 0.717) is 19.0 Å². The molecule has 148 valence electrons. The van der Waals surface area contributed by atoms with Gasteiger partial charge in [-0.15, -0.1) is 0 Å². The molecule has 0 bridgehead atoms. The molecule has 1 N–H and O–H groups in total. The van der Waals surface area contributed by atoms with Crippen molar-refractivity contribution in [3.8, 4) is 6.07 Å². The number of likely N-dealkylation sites (tertiary alicyclic amines) is 1. The number of carbonyl (C=O) groups is 1. The highest BCUT2D eigenvalue weighted by molar-refractivity contribution is 5.97. The summed E-state index contributed by atoms with van der Waals surface area (Å²) in [5.41, 5.74) is 1.35. The normalized spacial score (nSPS) is 14.9. The van der Waals surface area contributed by atoms with E-state index in [1.807, 2.05) is 24.3 Å². The van der Waals surface area contributed by atoms with Crippen LogP contribution in [0.1, 0.15) is 18.4 Å². The zero-order valence-corrected chi connectivity index (χ0v) is 16.0. The van der Waals surface area contributed by atoms with Gasteiger partial charge in [0.2, 0.25) is 0 Å². The number of amides is 1. The van der Waals surface area contributed by atoms with Gasteiger partial charge in [0, 0.05) is 25.4 Å². The molecule has 0 atom stereocenters. The molecule has 7 nitrogen and oxygen atoms in total. The maximum Gasteiger partial charge on any atom is 0.292 e. The predicted molar refractivity (Wildman–Crippen MR) is 110 cm³/mol. The number of hydrogen-bond acceptors (Lipinski definition) is 5. The molecule has 0 unspecified atom stereocenters. The van der Waals surface area contributed by atoms with Crippen LogP contribution in [-0.4, -0.2) is 28.8 Å². The first-order valence-electron chi connectivity index (χ1n) is 9.52. The van der Waals surface area contributed by atoms with Crippen molar-refractivity contribution in [2.75, 3.05) is 18.4 Å². The lowest BCUT2D eigenvalue weighted by molar-refractivity contribution is -0.383. The van der Waals surface area contributed by atoms with Crippen LogP contribution in [0.5, 0.6) is 0 Å². The van der Waals surface area contributed by atoms with Gasteiger partial charge in [-0.1, -0.05) is 42.5 Å². The highest BCUT2D eigenvalue weighted by Gasteiger charge is 2.25. The van der Waals surface area contributed by atoms with Gasteiger partial charge in [0.1, 0.15) is 17.3 Å². The molecule has 3 rings (SSSR count). The summed E-state index contributed by atoms with van der Waals surface area (Å²) in [6.07, 6.45) is 4.01. The van der Waals surface area contributed by atoms with Crippen molar-refractivity contribution in [2.45, 2.75) is 19.3 Å². The molecule has 1 amide bonds. The van der Waals surface area contributed by atoms with Crippen molar-refractivity contribution in [2.24, 2.45) is 5.92 Å². The average molecular weight is 390 g/mol. The zero-order chi connectivity index (χ0) is 20.6. The van der Waals surface area contributed by atoms with Crippen LogP contribution in [0.2, 0.25) is 0 Å². The lowest BCUT2D eigenvalue weighted by Gasteiger charge is -2.32. The number of hydrogen-bond donors (Lipinski definition) is 1. The molecule has 1 saturated heterocycles. The summed E-state index contributed by atoms with van der Waals surface area (Å²) in [6.45, 7) is 1.20. The van der Waals surface area contributed by atoms with Crippen molar-refractivity contribution >= 4 is 17.3 Å². The highest BCUT2D eigenvalue weighted by atomic mass is 16.6. The molecule has 0 aliphatic carbocycles. The molecule has 2 aromatic rings. The minimum absolute atomic E-state index is 0.0651. The van der Waals surface area contributed by atoms with E-state index in [1.165, 1.54) is 23.9 Å². The van der Waals surface area contributed by atoms with Crippen LogP contribution in [0.25, 0.3) is 0 Å². The second-order valence-electron chi connectivity index (χ2n) is 7.01. The van der Waals surface area contributed by atoms with E-state index < -0.39 is 4.92 Å². The van der Waals surface area contributed by atoms with Crippen molar-refractivity contribution < 1.29 is 9.72 Å². The van der Waals surface area contributed by atoms with Gasteiger partial charge in [-0.25, -0.2) is 0 Å². The number of carbonyl (C=O) groups excluding carboxylic acids is 1. The smallest absolute Gasteiger partial charge is 0.292 e. The fraction of sp³-hybridized carbons (Fsp3) is 0.273. The van der Waals surface area contributed by atoms with E-state index in [1.54, 1.807) is 17.0 Å². The largest absolute Gasteiger partial charge is 0.355 e. The molecular formula is C22H22N4O3. The van der Waals surface area contributed by atoms with Gasteiger partial charge in [0.25, 0.3) is 11.6 Å². The number of nitriles is 1. The van der Waals surface area contributed by atoms with Crippen molar-refractivity contribution in [1.82, 2.24) is 4.90 Å². The molecule has 29 heavy (non-hydrogen) atoms. The van der Waals surface area contributed by atoms with E-state index in [4.69, 9.17) is 0 Å². The first-order chi connectivity index (χ1) is 14.1. The summed E-state index contributed by atoms with van der Waals surface area (Å²) in [6, 6.07) is 18.3. The zero-order valence-electron chi connectivity index (χ0n) is 16.0. The van der Waals surface area contributed by atoms with Gasteiger partial charge >= 0.3 is 0 Å². The minimum atomic E-state index is -0.512. The number of anilines is 1. The number of benzene rings is 2. The Morgan fingerprint density at radius 1 is 1.17 bits per heavy atom. The summed E-state index contributed by atoms with van der Waals surface area (Å²) >= 11 is 0. The second kappa shape index (κ2) is 9.51. The Kier molecular flexibility index (Phi) is 6.59. The third-order valence-electron chi connectivity index (χ3n) is 5.09. The average Bonchev–Trinajstić information content (AvgIpc) is 2.75. The SMILES string of the molecule is N#C/C(=C/Nc1ccccc1[N+](=O)[O-])C(=O)N1CCC(Cc2ccccc2)CC1. The van der Waals surface area contributed by atoms with E-state index in [9.17, 15) is 20.2 Å². The maximum atomic E-state index is 12.7. The monoisotopic (exact) mass is 390 g/mol. The minimum Gasteiger partial charge on any atom is -0.355 e.